The summed E-state index contributed by atoms with van der Waals surface area (Å²) in [5, 5.41) is 5.69. The normalized spacial score (nSPS) is 18.3. The van der Waals surface area contributed by atoms with Crippen LogP contribution in [0.3, 0.4) is 0 Å². The lowest BCUT2D eigenvalue weighted by atomic mass is 9.89. The number of para-hydroxylation sites is 2. The van der Waals surface area contributed by atoms with Gasteiger partial charge in [0.15, 0.2) is 0 Å². The fraction of sp³-hybridized carbons (Fsp3) is 0.500. The molecular weight excluding hydrogens is 318 g/mol. The second-order valence-corrected chi connectivity index (χ2v) is 6.82. The number of carbonyl (C=O) groups excluding carboxylic acids is 2. The Labute approximate surface area is 146 Å². The highest BCUT2D eigenvalue weighted by molar-refractivity contribution is 5.90. The van der Waals surface area contributed by atoms with Crippen LogP contribution in [-0.4, -0.2) is 27.4 Å². The van der Waals surface area contributed by atoms with Crippen LogP contribution in [0.5, 0.6) is 0 Å². The average molecular weight is 343 g/mol. The molecule has 0 bridgehead atoms. The molecule has 0 saturated heterocycles. The number of nitrogens with zero attached hydrogens (tertiary/aromatic N) is 1. The first-order valence-electron chi connectivity index (χ1n) is 8.83. The minimum Gasteiger partial charge on any atom is -0.368 e. The number of fused-ring (bicyclic) bond motifs is 1. The smallest absolute Gasteiger partial charge is 0.316 e. The molecule has 5 N–H and O–H groups in total. The van der Waals surface area contributed by atoms with Gasteiger partial charge in [-0.05, 0) is 31.9 Å². The molecule has 0 unspecified atom stereocenters. The second-order valence-electron chi connectivity index (χ2n) is 6.82. The molecule has 1 saturated carbocycles. The van der Waals surface area contributed by atoms with Gasteiger partial charge in [-0.2, -0.15) is 0 Å². The number of aromatic nitrogens is 2. The van der Waals surface area contributed by atoms with Crippen molar-refractivity contribution in [2.45, 2.75) is 57.0 Å². The highest BCUT2D eigenvalue weighted by Gasteiger charge is 2.38. The number of amides is 3. The van der Waals surface area contributed by atoms with Crippen LogP contribution in [0.1, 0.15) is 57.3 Å². The number of nitrogens with two attached hydrogens (primary N) is 1. The topological polar surface area (TPSA) is 113 Å². The van der Waals surface area contributed by atoms with E-state index < -0.39 is 17.5 Å². The third-order valence-corrected chi connectivity index (χ3v) is 4.95. The van der Waals surface area contributed by atoms with E-state index in [2.05, 4.69) is 20.6 Å². The predicted octanol–water partition coefficient (Wildman–Crippen LogP) is 2.50. The predicted molar refractivity (Wildman–Crippen MR) is 95.8 cm³/mol. The first-order chi connectivity index (χ1) is 12.0. The molecule has 1 heterocycles. The fourth-order valence-electron chi connectivity index (χ4n) is 3.46. The Balaban J connectivity index is 1.68. The van der Waals surface area contributed by atoms with E-state index in [-0.39, 0.29) is 6.04 Å². The number of hydrogen-bond acceptors (Lipinski definition) is 3. The Bertz CT molecular complexity index is 729. The lowest BCUT2D eigenvalue weighted by Crippen LogP contribution is -2.59. The molecule has 1 aromatic heterocycles. The van der Waals surface area contributed by atoms with Gasteiger partial charge in [-0.25, -0.2) is 9.78 Å². The van der Waals surface area contributed by atoms with Crippen molar-refractivity contribution in [1.82, 2.24) is 20.6 Å². The summed E-state index contributed by atoms with van der Waals surface area (Å²) in [7, 11) is 0. The lowest BCUT2D eigenvalue weighted by molar-refractivity contribution is -0.124. The summed E-state index contributed by atoms with van der Waals surface area (Å²) < 4.78 is 0. The van der Waals surface area contributed by atoms with E-state index in [1.165, 1.54) is 0 Å². The number of nitrogens with one attached hydrogen (secondary N) is 3. The summed E-state index contributed by atoms with van der Waals surface area (Å²) in [6, 6.07) is 6.98. The van der Waals surface area contributed by atoms with Crippen molar-refractivity contribution in [3.63, 3.8) is 0 Å². The number of hydrogen-bond donors (Lipinski definition) is 4. The molecule has 0 spiro atoms. The van der Waals surface area contributed by atoms with Gasteiger partial charge in [0.05, 0.1) is 17.1 Å². The molecule has 0 radical (unpaired) electrons. The van der Waals surface area contributed by atoms with Gasteiger partial charge < -0.3 is 21.4 Å². The van der Waals surface area contributed by atoms with Gasteiger partial charge in [0.2, 0.25) is 5.91 Å². The van der Waals surface area contributed by atoms with Crippen LogP contribution in [0.4, 0.5) is 4.79 Å². The molecule has 134 valence electrons. The Kier molecular flexibility index (Phi) is 4.92. The van der Waals surface area contributed by atoms with Gasteiger partial charge >= 0.3 is 6.03 Å². The van der Waals surface area contributed by atoms with Crippen molar-refractivity contribution in [3.05, 3.63) is 30.1 Å². The third-order valence-electron chi connectivity index (χ3n) is 4.95. The van der Waals surface area contributed by atoms with Gasteiger partial charge in [-0.3, -0.25) is 4.79 Å². The Morgan fingerprint density at radius 1 is 1.20 bits per heavy atom. The Morgan fingerprint density at radius 2 is 1.88 bits per heavy atom. The standard InChI is InChI=1S/C18H25N5O2/c1-12(15-21-13-8-4-5-9-14(13)22-15)20-17(25)23-18(16(19)24)10-6-2-3-7-11-18/h4-5,8-9,12H,2-3,6-7,10-11H2,1H3,(H2,19,24)(H,21,22)(H2,20,23,25)/t12-/m1/s1. The van der Waals surface area contributed by atoms with E-state index >= 15 is 0 Å². The van der Waals surface area contributed by atoms with E-state index in [4.69, 9.17) is 5.73 Å². The summed E-state index contributed by atoms with van der Waals surface area (Å²) in [6.07, 6.45) is 5.09. The maximum atomic E-state index is 12.5. The van der Waals surface area contributed by atoms with Crippen molar-refractivity contribution in [2.75, 3.05) is 0 Å². The van der Waals surface area contributed by atoms with E-state index in [1.807, 2.05) is 31.2 Å². The average Bonchev–Trinajstić information content (AvgIpc) is 2.87. The van der Waals surface area contributed by atoms with Crippen LogP contribution < -0.4 is 16.4 Å². The van der Waals surface area contributed by atoms with Crippen molar-refractivity contribution < 1.29 is 9.59 Å². The van der Waals surface area contributed by atoms with Gasteiger partial charge in [0.1, 0.15) is 11.4 Å². The molecule has 2 aromatic rings. The molecule has 0 aliphatic heterocycles. The number of rotatable bonds is 4. The number of urea groups is 1. The first kappa shape index (κ1) is 17.3. The fourth-order valence-corrected chi connectivity index (χ4v) is 3.46. The molecule has 3 rings (SSSR count). The maximum Gasteiger partial charge on any atom is 0.316 e. The summed E-state index contributed by atoms with van der Waals surface area (Å²) in [5.74, 6) is 0.214. The third kappa shape index (κ3) is 3.75. The number of primary amides is 1. The largest absolute Gasteiger partial charge is 0.368 e. The van der Waals surface area contributed by atoms with E-state index in [9.17, 15) is 9.59 Å². The minimum atomic E-state index is -0.950. The van der Waals surface area contributed by atoms with Crippen LogP contribution in [0.2, 0.25) is 0 Å². The van der Waals surface area contributed by atoms with Crippen molar-refractivity contribution in [3.8, 4) is 0 Å². The van der Waals surface area contributed by atoms with E-state index in [1.54, 1.807) is 0 Å². The number of aromatic amines is 1. The quantitative estimate of drug-likeness (QED) is 0.640. The zero-order chi connectivity index (χ0) is 17.9. The van der Waals surface area contributed by atoms with Crippen LogP contribution in [0.25, 0.3) is 11.0 Å². The molecule has 7 heteroatoms. The van der Waals surface area contributed by atoms with E-state index in [0.717, 1.165) is 36.7 Å². The second kappa shape index (κ2) is 7.13. The van der Waals surface area contributed by atoms with Gasteiger partial charge in [-0.1, -0.05) is 37.8 Å². The molecule has 1 aliphatic rings. The van der Waals surface area contributed by atoms with E-state index in [0.29, 0.717) is 18.7 Å². The summed E-state index contributed by atoms with van der Waals surface area (Å²) in [5.41, 5.74) is 6.43. The molecular formula is C18H25N5O2. The maximum absolute atomic E-state index is 12.5. The number of H-pyrrole nitrogens is 1. The Hall–Kier alpha value is -2.57. The van der Waals surface area contributed by atoms with Gasteiger partial charge in [0.25, 0.3) is 0 Å². The van der Waals surface area contributed by atoms with Crippen molar-refractivity contribution in [1.29, 1.82) is 0 Å². The van der Waals surface area contributed by atoms with Crippen molar-refractivity contribution in [2.24, 2.45) is 5.73 Å². The number of carbonyl (C=O) groups is 2. The highest BCUT2D eigenvalue weighted by atomic mass is 16.2. The summed E-state index contributed by atoms with van der Waals surface area (Å²) in [6.45, 7) is 1.85. The highest BCUT2D eigenvalue weighted by Crippen LogP contribution is 2.27. The number of imidazole rings is 1. The molecule has 1 fully saturated rings. The van der Waals surface area contributed by atoms with Crippen LogP contribution >= 0.6 is 0 Å². The van der Waals surface area contributed by atoms with Crippen LogP contribution in [0.15, 0.2) is 24.3 Å². The van der Waals surface area contributed by atoms with Crippen molar-refractivity contribution >= 4 is 23.0 Å². The summed E-state index contributed by atoms with van der Waals surface area (Å²) in [4.78, 5) is 32.2. The summed E-state index contributed by atoms with van der Waals surface area (Å²) >= 11 is 0. The first-order valence-corrected chi connectivity index (χ1v) is 8.83. The Morgan fingerprint density at radius 3 is 2.52 bits per heavy atom. The molecule has 1 atom stereocenters. The van der Waals surface area contributed by atoms with Crippen LogP contribution in [0, 0.1) is 0 Å². The molecule has 1 aromatic carbocycles. The van der Waals surface area contributed by atoms with Gasteiger partial charge in [0, 0.05) is 0 Å². The van der Waals surface area contributed by atoms with Crippen LogP contribution in [-0.2, 0) is 4.79 Å². The zero-order valence-corrected chi connectivity index (χ0v) is 14.5. The number of benzene rings is 1. The SMILES string of the molecule is C[C@@H](NC(=O)NC1(C(N)=O)CCCCCC1)c1nc2ccccc2[nH]1. The molecule has 7 nitrogen and oxygen atoms in total. The van der Waals surface area contributed by atoms with Gasteiger partial charge in [-0.15, -0.1) is 0 Å². The zero-order valence-electron chi connectivity index (χ0n) is 14.5. The molecule has 25 heavy (non-hydrogen) atoms. The molecule has 3 amide bonds. The minimum absolute atomic E-state index is 0.317. The monoisotopic (exact) mass is 343 g/mol. The molecule has 1 aliphatic carbocycles. The lowest BCUT2D eigenvalue weighted by Gasteiger charge is -2.31.